The van der Waals surface area contributed by atoms with Crippen molar-refractivity contribution in [2.24, 2.45) is 5.10 Å². The predicted molar refractivity (Wildman–Crippen MR) is 105 cm³/mol. The fourth-order valence-electron chi connectivity index (χ4n) is 2.19. The number of nitrogens with zero attached hydrogens (tertiary/aromatic N) is 2. The molecule has 0 atom stereocenters. The Morgan fingerprint density at radius 3 is 2.56 bits per heavy atom. The molecule has 144 valence electrons. The maximum Gasteiger partial charge on any atom is 0.416 e. The molecular weight excluding hydrogens is 377 g/mol. The highest BCUT2D eigenvalue weighted by molar-refractivity contribution is 7.80. The van der Waals surface area contributed by atoms with E-state index in [1.807, 2.05) is 36.2 Å². The number of rotatable bonds is 6. The minimum atomic E-state index is -4.41. The monoisotopic (exact) mass is 396 g/mol. The van der Waals surface area contributed by atoms with Crippen molar-refractivity contribution >= 4 is 34.9 Å². The molecule has 2 aromatic carbocycles. The summed E-state index contributed by atoms with van der Waals surface area (Å²) in [6.07, 6.45) is -2.88. The first-order chi connectivity index (χ1) is 12.8. The molecule has 2 aromatic rings. The molecule has 0 fully saturated rings. The van der Waals surface area contributed by atoms with Crippen LogP contribution < -0.4 is 15.6 Å². The van der Waals surface area contributed by atoms with Gasteiger partial charge in [-0.2, -0.15) is 18.3 Å². The zero-order valence-corrected chi connectivity index (χ0v) is 15.3. The molecule has 0 unspecified atom stereocenters. The van der Waals surface area contributed by atoms with E-state index in [9.17, 15) is 13.2 Å². The second-order valence-corrected chi connectivity index (χ2v) is 6.05. The SMILES string of the molecule is CN(CCO)c1ccc(/C=N\NC(=S)Nc2cccc(C(F)(F)F)c2)cc1. The Labute approximate surface area is 160 Å². The molecule has 0 amide bonds. The smallest absolute Gasteiger partial charge is 0.395 e. The summed E-state index contributed by atoms with van der Waals surface area (Å²) in [5.74, 6) is 0. The molecule has 0 aliphatic rings. The average molecular weight is 396 g/mol. The van der Waals surface area contributed by atoms with Crippen molar-refractivity contribution in [3.05, 3.63) is 59.7 Å². The third kappa shape index (κ3) is 6.54. The van der Waals surface area contributed by atoms with Gasteiger partial charge in [-0.25, -0.2) is 0 Å². The first kappa shape index (κ1) is 20.7. The van der Waals surface area contributed by atoms with Crippen LogP contribution in [0.5, 0.6) is 0 Å². The van der Waals surface area contributed by atoms with Crippen molar-refractivity contribution in [1.82, 2.24) is 5.43 Å². The van der Waals surface area contributed by atoms with Gasteiger partial charge in [0.2, 0.25) is 0 Å². The average Bonchev–Trinajstić information content (AvgIpc) is 2.62. The number of halogens is 3. The molecule has 0 radical (unpaired) electrons. The predicted octanol–water partition coefficient (Wildman–Crippen LogP) is 3.45. The molecule has 9 heteroatoms. The van der Waals surface area contributed by atoms with Crippen LogP contribution in [0.3, 0.4) is 0 Å². The van der Waals surface area contributed by atoms with E-state index in [0.29, 0.717) is 6.54 Å². The minimum Gasteiger partial charge on any atom is -0.395 e. The number of hydrogen-bond acceptors (Lipinski definition) is 4. The third-order valence-corrected chi connectivity index (χ3v) is 3.79. The topological polar surface area (TPSA) is 59.9 Å². The molecule has 27 heavy (non-hydrogen) atoms. The summed E-state index contributed by atoms with van der Waals surface area (Å²) in [6.45, 7) is 0.602. The normalized spacial score (nSPS) is 11.4. The maximum absolute atomic E-state index is 12.7. The number of likely N-dealkylation sites (N-methyl/N-ethyl adjacent to an activating group) is 1. The van der Waals surface area contributed by atoms with Crippen LogP contribution in [-0.4, -0.2) is 36.6 Å². The second-order valence-electron chi connectivity index (χ2n) is 5.64. The van der Waals surface area contributed by atoms with Crippen molar-refractivity contribution in [2.75, 3.05) is 30.4 Å². The lowest BCUT2D eigenvalue weighted by Crippen LogP contribution is -2.24. The quantitative estimate of drug-likeness (QED) is 0.397. The molecule has 0 saturated heterocycles. The van der Waals surface area contributed by atoms with Gasteiger partial charge in [-0.05, 0) is 48.1 Å². The van der Waals surface area contributed by atoms with E-state index >= 15 is 0 Å². The summed E-state index contributed by atoms with van der Waals surface area (Å²) in [5.41, 5.74) is 3.78. The summed E-state index contributed by atoms with van der Waals surface area (Å²) in [5, 5.41) is 15.6. The Morgan fingerprint density at radius 1 is 1.22 bits per heavy atom. The van der Waals surface area contributed by atoms with E-state index in [4.69, 9.17) is 17.3 Å². The van der Waals surface area contributed by atoms with Gasteiger partial charge in [-0.1, -0.05) is 18.2 Å². The zero-order valence-electron chi connectivity index (χ0n) is 14.5. The number of nitrogens with one attached hydrogen (secondary N) is 2. The number of aliphatic hydroxyl groups excluding tert-OH is 1. The lowest BCUT2D eigenvalue weighted by atomic mass is 10.2. The molecule has 5 nitrogen and oxygen atoms in total. The van der Waals surface area contributed by atoms with E-state index in [1.54, 1.807) is 0 Å². The molecule has 0 heterocycles. The van der Waals surface area contributed by atoms with Gasteiger partial charge in [-0.15, -0.1) is 0 Å². The van der Waals surface area contributed by atoms with Crippen molar-refractivity contribution in [1.29, 1.82) is 0 Å². The molecule has 3 N–H and O–H groups in total. The second kappa shape index (κ2) is 9.33. The highest BCUT2D eigenvalue weighted by Gasteiger charge is 2.30. The lowest BCUT2D eigenvalue weighted by Gasteiger charge is -2.17. The summed E-state index contributed by atoms with van der Waals surface area (Å²) in [6, 6.07) is 12.2. The first-order valence-corrected chi connectivity index (χ1v) is 8.40. The standard InChI is InChI=1S/C18H19F3N4OS/c1-25(9-10-26)16-7-5-13(6-8-16)12-22-24-17(27)23-15-4-2-3-14(11-15)18(19,20)21/h2-8,11-12,26H,9-10H2,1H3,(H2,23,24,27)/b22-12-. The Hall–Kier alpha value is -2.65. The van der Waals surface area contributed by atoms with Crippen molar-refractivity contribution < 1.29 is 18.3 Å². The van der Waals surface area contributed by atoms with Gasteiger partial charge >= 0.3 is 6.18 Å². The van der Waals surface area contributed by atoms with Gasteiger partial charge in [0.15, 0.2) is 5.11 Å². The Bertz CT molecular complexity index is 794. The van der Waals surface area contributed by atoms with E-state index in [0.717, 1.165) is 23.4 Å². The minimum absolute atomic E-state index is 0.0694. The highest BCUT2D eigenvalue weighted by Crippen LogP contribution is 2.30. The highest BCUT2D eigenvalue weighted by atomic mass is 32.1. The summed E-state index contributed by atoms with van der Waals surface area (Å²) in [7, 11) is 1.87. The summed E-state index contributed by atoms with van der Waals surface area (Å²) >= 11 is 5.02. The van der Waals surface area contributed by atoms with Crippen molar-refractivity contribution in [3.63, 3.8) is 0 Å². The summed E-state index contributed by atoms with van der Waals surface area (Å²) < 4.78 is 38.1. The molecule has 0 aliphatic heterocycles. The number of alkyl halides is 3. The Kier molecular flexibility index (Phi) is 7.14. The number of benzene rings is 2. The van der Waals surface area contributed by atoms with Crippen LogP contribution in [0.2, 0.25) is 0 Å². The van der Waals surface area contributed by atoms with E-state index in [1.165, 1.54) is 18.3 Å². The molecule has 0 aromatic heterocycles. The number of anilines is 2. The third-order valence-electron chi connectivity index (χ3n) is 3.60. The van der Waals surface area contributed by atoms with Crippen LogP contribution in [0.25, 0.3) is 0 Å². The van der Waals surface area contributed by atoms with Gasteiger partial charge in [0, 0.05) is 25.0 Å². The summed E-state index contributed by atoms with van der Waals surface area (Å²) in [4.78, 5) is 1.91. The molecule has 0 bridgehead atoms. The van der Waals surface area contributed by atoms with Crippen LogP contribution in [0, 0.1) is 0 Å². The molecule has 0 spiro atoms. The largest absolute Gasteiger partial charge is 0.416 e. The van der Waals surface area contributed by atoms with Gasteiger partial charge < -0.3 is 15.3 Å². The number of aliphatic hydroxyl groups is 1. The van der Waals surface area contributed by atoms with Crippen LogP contribution in [0.15, 0.2) is 53.6 Å². The molecule has 2 rings (SSSR count). The van der Waals surface area contributed by atoms with Crippen LogP contribution in [0.4, 0.5) is 24.5 Å². The van der Waals surface area contributed by atoms with Gasteiger partial charge in [0.05, 0.1) is 18.4 Å². The van der Waals surface area contributed by atoms with Gasteiger partial charge in [0.1, 0.15) is 0 Å². The fourth-order valence-corrected chi connectivity index (χ4v) is 2.36. The van der Waals surface area contributed by atoms with E-state index in [-0.39, 0.29) is 17.4 Å². The number of thiocarbonyl (C=S) groups is 1. The maximum atomic E-state index is 12.7. The molecular formula is C18H19F3N4OS. The van der Waals surface area contributed by atoms with E-state index < -0.39 is 11.7 Å². The van der Waals surface area contributed by atoms with Gasteiger partial charge in [0.25, 0.3) is 0 Å². The van der Waals surface area contributed by atoms with Crippen LogP contribution in [-0.2, 0) is 6.18 Å². The zero-order chi connectivity index (χ0) is 19.9. The fraction of sp³-hybridized carbons (Fsp3) is 0.222. The lowest BCUT2D eigenvalue weighted by molar-refractivity contribution is -0.137. The Morgan fingerprint density at radius 2 is 1.93 bits per heavy atom. The first-order valence-electron chi connectivity index (χ1n) is 7.99. The van der Waals surface area contributed by atoms with Crippen LogP contribution >= 0.6 is 12.2 Å². The van der Waals surface area contributed by atoms with Crippen molar-refractivity contribution in [3.8, 4) is 0 Å². The van der Waals surface area contributed by atoms with E-state index in [2.05, 4.69) is 15.8 Å². The molecule has 0 saturated carbocycles. The van der Waals surface area contributed by atoms with Gasteiger partial charge in [-0.3, -0.25) is 5.43 Å². The molecule has 0 aliphatic carbocycles. The number of hydrazone groups is 1. The van der Waals surface area contributed by atoms with Crippen molar-refractivity contribution in [2.45, 2.75) is 6.18 Å². The Balaban J connectivity index is 1.90. The number of hydrogen-bond donors (Lipinski definition) is 3. The van der Waals surface area contributed by atoms with Crippen LogP contribution in [0.1, 0.15) is 11.1 Å².